The van der Waals surface area contributed by atoms with Crippen LogP contribution in [0, 0.1) is 53.9 Å². The lowest BCUT2D eigenvalue weighted by Gasteiger charge is -2.50. The Bertz CT molecular complexity index is 1230. The van der Waals surface area contributed by atoms with E-state index in [2.05, 4.69) is 43.4 Å². The molecule has 5 heteroatoms. The number of hydrogen-bond acceptors (Lipinski definition) is 3. The Morgan fingerprint density at radius 1 is 0.611 bits per heavy atom. The Kier molecular flexibility index (Phi) is 6.46. The van der Waals surface area contributed by atoms with Crippen LogP contribution in [0.15, 0.2) is 48.5 Å². The number of carbonyl (C=O) groups is 2. The van der Waals surface area contributed by atoms with Gasteiger partial charge in [-0.05, 0) is 96.7 Å². The summed E-state index contributed by atoms with van der Waals surface area (Å²) in [5.74, 6) is -0.434. The van der Waals surface area contributed by atoms with Crippen molar-refractivity contribution >= 4 is 28.9 Å². The number of rotatable bonds is 4. The van der Waals surface area contributed by atoms with E-state index in [0.29, 0.717) is 0 Å². The summed E-state index contributed by atoms with van der Waals surface area (Å²) < 4.78 is 0. The van der Waals surface area contributed by atoms with Gasteiger partial charge in [0.05, 0.1) is 11.4 Å². The first-order valence-corrected chi connectivity index (χ1v) is 12.5. The third kappa shape index (κ3) is 4.27. The van der Waals surface area contributed by atoms with Gasteiger partial charge in [0, 0.05) is 5.69 Å². The summed E-state index contributed by atoms with van der Waals surface area (Å²) in [6, 6.07) is 16.4. The molecule has 36 heavy (non-hydrogen) atoms. The molecule has 3 aromatic rings. The first kappa shape index (κ1) is 25.5. The average Bonchev–Trinajstić information content (AvgIpc) is 2.77. The Hall–Kier alpha value is -3.60. The summed E-state index contributed by atoms with van der Waals surface area (Å²) in [5.41, 5.74) is 8.69. The SMILES string of the molecule is Cc1ccc(NC2N(c3c(C)cc(C)cc3C)C(=O)C(C)(C)C(=O)N2c2c(C)cc(C)cc2C)cc1. The topological polar surface area (TPSA) is 52.7 Å². The number of anilines is 3. The van der Waals surface area contributed by atoms with Crippen molar-refractivity contribution in [1.82, 2.24) is 0 Å². The summed E-state index contributed by atoms with van der Waals surface area (Å²) in [6.45, 7) is 17.7. The normalized spacial score (nSPS) is 16.0. The van der Waals surface area contributed by atoms with Crippen LogP contribution in [0.4, 0.5) is 17.1 Å². The van der Waals surface area contributed by atoms with Crippen LogP contribution in [0.5, 0.6) is 0 Å². The minimum atomic E-state index is -1.24. The minimum Gasteiger partial charge on any atom is -0.347 e. The van der Waals surface area contributed by atoms with Crippen molar-refractivity contribution in [2.24, 2.45) is 5.41 Å². The molecule has 1 fully saturated rings. The van der Waals surface area contributed by atoms with E-state index in [9.17, 15) is 9.59 Å². The molecule has 0 bridgehead atoms. The molecule has 1 saturated heterocycles. The molecule has 0 saturated carbocycles. The molecular weight excluding hydrogens is 446 g/mol. The van der Waals surface area contributed by atoms with Gasteiger partial charge in [0.25, 0.3) is 0 Å². The number of benzene rings is 3. The fourth-order valence-electron chi connectivity index (χ4n) is 5.51. The number of aryl methyl sites for hydroxylation is 7. The second kappa shape index (κ2) is 9.12. The van der Waals surface area contributed by atoms with Gasteiger partial charge >= 0.3 is 0 Å². The number of carbonyl (C=O) groups excluding carboxylic acids is 2. The highest BCUT2D eigenvalue weighted by molar-refractivity contribution is 6.20. The largest absolute Gasteiger partial charge is 0.347 e. The van der Waals surface area contributed by atoms with Gasteiger partial charge in [-0.25, -0.2) is 0 Å². The summed E-state index contributed by atoms with van der Waals surface area (Å²) in [6.07, 6.45) is -0.735. The maximum Gasteiger partial charge on any atom is 0.245 e. The number of nitrogens with zero attached hydrogens (tertiary/aromatic N) is 2. The Morgan fingerprint density at radius 2 is 0.972 bits per heavy atom. The standard InChI is InChI=1S/C31H37N3O2/c1-18-10-12-25(13-11-18)32-30-33(26-21(4)14-19(2)15-22(26)5)28(35)31(8,9)29(36)34(30)27-23(6)16-20(3)17-24(27)7/h10-17,30,32H,1-9H3. The summed E-state index contributed by atoms with van der Waals surface area (Å²) in [4.78, 5) is 31.9. The Morgan fingerprint density at radius 3 is 1.33 bits per heavy atom. The van der Waals surface area contributed by atoms with Crippen LogP contribution in [0.2, 0.25) is 0 Å². The molecule has 1 aliphatic rings. The predicted octanol–water partition coefficient (Wildman–Crippen LogP) is 6.65. The van der Waals surface area contributed by atoms with Gasteiger partial charge in [-0.3, -0.25) is 19.4 Å². The van der Waals surface area contributed by atoms with Gasteiger partial charge in [-0.1, -0.05) is 53.1 Å². The van der Waals surface area contributed by atoms with E-state index in [0.717, 1.165) is 56.0 Å². The highest BCUT2D eigenvalue weighted by atomic mass is 16.2. The molecule has 2 amide bonds. The van der Waals surface area contributed by atoms with Gasteiger partial charge < -0.3 is 5.32 Å². The van der Waals surface area contributed by atoms with Crippen LogP contribution >= 0.6 is 0 Å². The van der Waals surface area contributed by atoms with Gasteiger partial charge in [0.1, 0.15) is 5.41 Å². The van der Waals surface area contributed by atoms with Gasteiger partial charge in [-0.15, -0.1) is 0 Å². The van der Waals surface area contributed by atoms with Crippen LogP contribution in [-0.2, 0) is 9.59 Å². The molecule has 0 aromatic heterocycles. The molecule has 1 N–H and O–H groups in total. The fourth-order valence-corrected chi connectivity index (χ4v) is 5.51. The molecule has 1 heterocycles. The second-order valence-electron chi connectivity index (χ2n) is 10.9. The van der Waals surface area contributed by atoms with Crippen molar-refractivity contribution in [3.05, 3.63) is 87.5 Å². The average molecular weight is 484 g/mol. The summed E-state index contributed by atoms with van der Waals surface area (Å²) in [7, 11) is 0. The summed E-state index contributed by atoms with van der Waals surface area (Å²) >= 11 is 0. The van der Waals surface area contributed by atoms with Crippen molar-refractivity contribution < 1.29 is 9.59 Å². The van der Waals surface area contributed by atoms with Crippen LogP contribution in [0.25, 0.3) is 0 Å². The fraction of sp³-hybridized carbons (Fsp3) is 0.355. The summed E-state index contributed by atoms with van der Waals surface area (Å²) in [5, 5.41) is 3.55. The zero-order chi connectivity index (χ0) is 26.5. The molecule has 0 unspecified atom stereocenters. The van der Waals surface area contributed by atoms with Crippen LogP contribution < -0.4 is 15.1 Å². The van der Waals surface area contributed by atoms with Crippen molar-refractivity contribution in [3.8, 4) is 0 Å². The molecule has 1 aliphatic heterocycles. The predicted molar refractivity (Wildman–Crippen MR) is 149 cm³/mol. The second-order valence-corrected chi connectivity index (χ2v) is 10.9. The zero-order valence-corrected chi connectivity index (χ0v) is 22.9. The maximum atomic E-state index is 14.1. The van der Waals surface area contributed by atoms with Gasteiger partial charge in [0.15, 0.2) is 6.29 Å². The molecule has 0 aliphatic carbocycles. The third-order valence-electron chi connectivity index (χ3n) is 7.10. The maximum absolute atomic E-state index is 14.1. The van der Waals surface area contributed by atoms with E-state index in [4.69, 9.17) is 0 Å². The zero-order valence-electron chi connectivity index (χ0n) is 22.9. The van der Waals surface area contributed by atoms with E-state index in [1.54, 1.807) is 23.6 Å². The van der Waals surface area contributed by atoms with Crippen molar-refractivity contribution in [2.45, 2.75) is 68.6 Å². The van der Waals surface area contributed by atoms with E-state index in [1.807, 2.05) is 58.9 Å². The molecule has 3 aromatic carbocycles. The van der Waals surface area contributed by atoms with Gasteiger partial charge in [-0.2, -0.15) is 0 Å². The molecule has 188 valence electrons. The highest BCUT2D eigenvalue weighted by Crippen LogP contribution is 2.42. The lowest BCUT2D eigenvalue weighted by Crippen LogP contribution is -2.69. The number of nitrogens with one attached hydrogen (secondary N) is 1. The monoisotopic (exact) mass is 483 g/mol. The lowest BCUT2D eigenvalue weighted by molar-refractivity contribution is -0.141. The molecule has 0 atom stereocenters. The third-order valence-corrected chi connectivity index (χ3v) is 7.10. The quantitative estimate of drug-likeness (QED) is 0.423. The molecule has 5 nitrogen and oxygen atoms in total. The van der Waals surface area contributed by atoms with Gasteiger partial charge in [0.2, 0.25) is 11.8 Å². The minimum absolute atomic E-state index is 0.217. The molecule has 0 spiro atoms. The van der Waals surface area contributed by atoms with E-state index in [1.165, 1.54) is 0 Å². The van der Waals surface area contributed by atoms with E-state index >= 15 is 0 Å². The molecule has 0 radical (unpaired) electrons. The Balaban J connectivity index is 2.02. The Labute approximate surface area is 215 Å². The molecular formula is C31H37N3O2. The van der Waals surface area contributed by atoms with Crippen molar-refractivity contribution in [3.63, 3.8) is 0 Å². The van der Waals surface area contributed by atoms with Crippen molar-refractivity contribution in [1.29, 1.82) is 0 Å². The first-order chi connectivity index (χ1) is 16.8. The lowest BCUT2D eigenvalue weighted by atomic mass is 9.85. The van der Waals surface area contributed by atoms with E-state index in [-0.39, 0.29) is 11.8 Å². The van der Waals surface area contributed by atoms with Crippen LogP contribution in [0.1, 0.15) is 52.8 Å². The highest BCUT2D eigenvalue weighted by Gasteiger charge is 2.53. The van der Waals surface area contributed by atoms with Crippen LogP contribution in [0.3, 0.4) is 0 Å². The van der Waals surface area contributed by atoms with Crippen LogP contribution in [-0.4, -0.2) is 18.1 Å². The number of hydrogen-bond donors (Lipinski definition) is 1. The van der Waals surface area contributed by atoms with E-state index < -0.39 is 11.7 Å². The molecule has 4 rings (SSSR count). The van der Waals surface area contributed by atoms with Crippen molar-refractivity contribution in [2.75, 3.05) is 15.1 Å². The first-order valence-electron chi connectivity index (χ1n) is 12.5. The smallest absolute Gasteiger partial charge is 0.245 e. The number of amides is 2.